The molecule has 2 aliphatic carbocycles. The number of nitrogens with two attached hydrogens (primary N) is 1. The molecule has 148 valence electrons. The van der Waals surface area contributed by atoms with Crippen molar-refractivity contribution in [1.82, 2.24) is 9.55 Å². The topological polar surface area (TPSA) is 86.1 Å². The summed E-state index contributed by atoms with van der Waals surface area (Å²) in [5.74, 6) is 2.74. The van der Waals surface area contributed by atoms with Crippen LogP contribution < -0.4 is 25.9 Å². The molecular weight excluding hydrogens is 366 g/mol. The van der Waals surface area contributed by atoms with E-state index >= 15 is 0 Å². The van der Waals surface area contributed by atoms with Crippen molar-refractivity contribution >= 4 is 22.7 Å². The third-order valence-corrected chi connectivity index (χ3v) is 6.87. The average Bonchev–Trinajstić information content (AvgIpc) is 3.27. The number of ether oxygens (including phenoxy) is 1. The van der Waals surface area contributed by atoms with Crippen LogP contribution in [0.25, 0.3) is 11.0 Å². The zero-order chi connectivity index (χ0) is 19.5. The first-order valence-corrected chi connectivity index (χ1v) is 10.4. The minimum absolute atomic E-state index is 0.0980. The number of anilines is 2. The zero-order valence-electron chi connectivity index (χ0n) is 16.1. The van der Waals surface area contributed by atoms with E-state index in [9.17, 15) is 4.79 Å². The number of hydrogen-bond acceptors (Lipinski definition) is 5. The Bertz CT molecular complexity index is 1160. The Kier molecular flexibility index (Phi) is 3.68. The van der Waals surface area contributed by atoms with E-state index in [1.54, 1.807) is 6.07 Å². The number of benzene rings is 1. The molecule has 0 saturated heterocycles. The average molecular weight is 390 g/mol. The lowest BCUT2D eigenvalue weighted by Gasteiger charge is -2.29. The van der Waals surface area contributed by atoms with E-state index in [0.29, 0.717) is 37.1 Å². The number of aromatic nitrogens is 3. The van der Waals surface area contributed by atoms with Crippen LogP contribution in [0.5, 0.6) is 5.75 Å². The molecule has 3 aromatic rings. The van der Waals surface area contributed by atoms with Crippen LogP contribution in [0.4, 0.5) is 11.6 Å². The van der Waals surface area contributed by atoms with E-state index in [1.807, 2.05) is 41.1 Å². The van der Waals surface area contributed by atoms with Gasteiger partial charge in [0.2, 0.25) is 5.65 Å². The van der Waals surface area contributed by atoms with E-state index in [0.717, 1.165) is 34.8 Å². The standard InChI is InChI=1S/C22H23N5O2/c23-9-10-29-16-5-3-15(4-6-16)25-22-24-12-14-2-8-19(28)26-18-11-13-1-7-17(18)20(13)27(22)21(14)26/h2-6,8,12-13,17-18,20H,1,7,9-11,23H2/p+1. The van der Waals surface area contributed by atoms with Gasteiger partial charge in [0, 0.05) is 18.5 Å². The van der Waals surface area contributed by atoms with Crippen LogP contribution in [-0.2, 0) is 0 Å². The van der Waals surface area contributed by atoms with Crippen molar-refractivity contribution in [3.63, 3.8) is 0 Å². The Morgan fingerprint density at radius 2 is 2.07 bits per heavy atom. The summed E-state index contributed by atoms with van der Waals surface area (Å²) in [7, 11) is 0. The first kappa shape index (κ1) is 17.0. The second-order valence-corrected chi connectivity index (χ2v) is 8.35. The highest BCUT2D eigenvalue weighted by Crippen LogP contribution is 2.57. The number of fused-ring (bicyclic) bond motifs is 1. The summed E-state index contributed by atoms with van der Waals surface area (Å²) in [5.41, 5.74) is 7.55. The molecule has 1 aromatic carbocycles. The van der Waals surface area contributed by atoms with Crippen LogP contribution in [0.2, 0.25) is 0 Å². The maximum absolute atomic E-state index is 12.8. The van der Waals surface area contributed by atoms with Gasteiger partial charge in [-0.2, -0.15) is 0 Å². The van der Waals surface area contributed by atoms with Crippen molar-refractivity contribution in [3.05, 3.63) is 52.9 Å². The number of nitrogens with zero attached hydrogens (tertiary/aromatic N) is 3. The molecule has 0 spiro atoms. The summed E-state index contributed by atoms with van der Waals surface area (Å²) in [5, 5.41) is 4.51. The number of pyridine rings is 1. The van der Waals surface area contributed by atoms with E-state index in [-0.39, 0.29) is 5.56 Å². The Labute approximate surface area is 168 Å². The molecule has 4 bridgehead atoms. The van der Waals surface area contributed by atoms with E-state index in [1.165, 1.54) is 12.8 Å². The Hall–Kier alpha value is -2.93. The van der Waals surface area contributed by atoms with Crippen molar-refractivity contribution in [2.45, 2.75) is 31.3 Å². The molecule has 0 amide bonds. The van der Waals surface area contributed by atoms with Gasteiger partial charge in [-0.3, -0.25) is 10.1 Å². The summed E-state index contributed by atoms with van der Waals surface area (Å²) in [6, 6.07) is 12.2. The van der Waals surface area contributed by atoms with Crippen molar-refractivity contribution in [3.8, 4) is 5.75 Å². The van der Waals surface area contributed by atoms with Gasteiger partial charge in [0.05, 0.1) is 23.2 Å². The fourth-order valence-corrected chi connectivity index (χ4v) is 5.80. The lowest BCUT2D eigenvalue weighted by atomic mass is 9.94. The van der Waals surface area contributed by atoms with Gasteiger partial charge in [-0.1, -0.05) is 0 Å². The van der Waals surface area contributed by atoms with Crippen LogP contribution >= 0.6 is 0 Å². The third-order valence-electron chi connectivity index (χ3n) is 6.87. The Balaban J connectivity index is 1.45. The highest BCUT2D eigenvalue weighted by Gasteiger charge is 2.56. The molecule has 4 unspecified atom stereocenters. The molecule has 3 aliphatic rings. The first-order chi connectivity index (χ1) is 14.2. The minimum atomic E-state index is 0.0980. The summed E-state index contributed by atoms with van der Waals surface area (Å²) in [4.78, 5) is 17.5. The Morgan fingerprint density at radius 1 is 1.21 bits per heavy atom. The number of nitrogens with one attached hydrogen (secondary N) is 1. The van der Waals surface area contributed by atoms with Crippen LogP contribution in [0.15, 0.2) is 47.4 Å². The van der Waals surface area contributed by atoms with Gasteiger partial charge in [-0.05, 0) is 55.5 Å². The predicted octanol–water partition coefficient (Wildman–Crippen LogP) is 2.29. The molecule has 6 rings (SSSR count). The molecule has 0 radical (unpaired) electrons. The first-order valence-electron chi connectivity index (χ1n) is 10.4. The van der Waals surface area contributed by atoms with Crippen molar-refractivity contribution < 1.29 is 9.30 Å². The van der Waals surface area contributed by atoms with Crippen molar-refractivity contribution in [2.24, 2.45) is 17.6 Å². The van der Waals surface area contributed by atoms with Gasteiger partial charge < -0.3 is 10.5 Å². The van der Waals surface area contributed by atoms with Crippen LogP contribution in [-0.4, -0.2) is 22.7 Å². The van der Waals surface area contributed by atoms with Crippen molar-refractivity contribution in [1.29, 1.82) is 0 Å². The molecule has 3 heterocycles. The summed E-state index contributed by atoms with van der Waals surface area (Å²) in [6.07, 6.45) is 5.40. The van der Waals surface area contributed by atoms with Gasteiger partial charge in [0.15, 0.2) is 0 Å². The molecular formula is C22H24N5O2+. The van der Waals surface area contributed by atoms with Gasteiger partial charge in [0.1, 0.15) is 18.6 Å². The molecule has 2 fully saturated rings. The molecule has 7 nitrogen and oxygen atoms in total. The largest absolute Gasteiger partial charge is 0.492 e. The monoisotopic (exact) mass is 390 g/mol. The summed E-state index contributed by atoms with van der Waals surface area (Å²) >= 11 is 0. The molecule has 3 N–H and O–H groups in total. The lowest BCUT2D eigenvalue weighted by Crippen LogP contribution is -2.52. The van der Waals surface area contributed by atoms with E-state index < -0.39 is 0 Å². The molecule has 2 saturated carbocycles. The van der Waals surface area contributed by atoms with E-state index in [2.05, 4.69) is 9.88 Å². The predicted molar refractivity (Wildman–Crippen MR) is 109 cm³/mol. The molecule has 4 atom stereocenters. The number of hydrogen-bond donors (Lipinski definition) is 2. The maximum atomic E-state index is 12.8. The van der Waals surface area contributed by atoms with E-state index in [4.69, 9.17) is 15.5 Å². The maximum Gasteiger partial charge on any atom is 0.352 e. The normalized spacial score (nSPS) is 26.1. The highest BCUT2D eigenvalue weighted by molar-refractivity contribution is 5.72. The fraction of sp³-hybridized carbons (Fsp3) is 0.409. The second-order valence-electron chi connectivity index (χ2n) is 8.35. The molecule has 1 aliphatic heterocycles. The van der Waals surface area contributed by atoms with Gasteiger partial charge in [0.25, 0.3) is 5.56 Å². The van der Waals surface area contributed by atoms with Gasteiger partial charge in [-0.15, -0.1) is 4.98 Å². The molecule has 7 heteroatoms. The molecule has 2 aromatic heterocycles. The smallest absolute Gasteiger partial charge is 0.352 e. The minimum Gasteiger partial charge on any atom is -0.492 e. The lowest BCUT2D eigenvalue weighted by molar-refractivity contribution is -0.701. The summed E-state index contributed by atoms with van der Waals surface area (Å²) < 4.78 is 9.91. The zero-order valence-corrected chi connectivity index (χ0v) is 16.1. The Morgan fingerprint density at radius 3 is 2.90 bits per heavy atom. The number of rotatable bonds is 5. The van der Waals surface area contributed by atoms with Gasteiger partial charge in [-0.25, -0.2) is 9.13 Å². The highest BCUT2D eigenvalue weighted by atomic mass is 16.5. The third kappa shape index (κ3) is 2.43. The summed E-state index contributed by atoms with van der Waals surface area (Å²) in [6.45, 7) is 0.996. The van der Waals surface area contributed by atoms with Crippen LogP contribution in [0.3, 0.4) is 0 Å². The van der Waals surface area contributed by atoms with Crippen LogP contribution in [0, 0.1) is 11.8 Å². The van der Waals surface area contributed by atoms with Crippen molar-refractivity contribution in [2.75, 3.05) is 18.5 Å². The second kappa shape index (κ2) is 6.29. The SMILES string of the molecule is NCCOc1ccc(Nc2ncc3ccc(=O)n4c3[n+]2C2C3CCC2C4C3)cc1. The quantitative estimate of drug-likeness (QED) is 0.653. The molecule has 29 heavy (non-hydrogen) atoms. The van der Waals surface area contributed by atoms with Gasteiger partial charge >= 0.3 is 5.95 Å². The fourth-order valence-electron chi connectivity index (χ4n) is 5.80. The van der Waals surface area contributed by atoms with Crippen LogP contribution in [0.1, 0.15) is 31.3 Å².